The molecule has 3 N–H and O–H groups in total. The van der Waals surface area contributed by atoms with Gasteiger partial charge in [-0.3, -0.25) is 4.79 Å². The van der Waals surface area contributed by atoms with Gasteiger partial charge in [0, 0.05) is 17.6 Å². The number of fused-ring (bicyclic) bond motifs is 1. The molecule has 5 heteroatoms. The molecule has 20 heavy (non-hydrogen) atoms. The number of aliphatic hydroxyl groups is 1. The van der Waals surface area contributed by atoms with E-state index in [-0.39, 0.29) is 17.9 Å². The summed E-state index contributed by atoms with van der Waals surface area (Å²) in [5.41, 5.74) is 2.45. The Hall–Kier alpha value is -1.26. The van der Waals surface area contributed by atoms with Gasteiger partial charge in [0.15, 0.2) is 0 Å². The fourth-order valence-corrected chi connectivity index (χ4v) is 2.68. The number of benzene rings is 1. The molecule has 0 aromatic heterocycles. The normalized spacial score (nSPS) is 14.1. The van der Waals surface area contributed by atoms with Crippen LogP contribution in [0.15, 0.2) is 12.1 Å². The van der Waals surface area contributed by atoms with Crippen molar-refractivity contribution in [2.45, 2.75) is 33.1 Å². The van der Waals surface area contributed by atoms with E-state index in [9.17, 15) is 9.90 Å². The number of amides is 1. The first-order chi connectivity index (χ1) is 9.53. The number of halogens is 1. The third kappa shape index (κ3) is 2.91. The number of carbonyl (C=O) groups excluding carboxylic acids is 1. The lowest BCUT2D eigenvalue weighted by molar-refractivity contribution is -0.115. The molecule has 1 amide bonds. The van der Waals surface area contributed by atoms with Gasteiger partial charge in [-0.2, -0.15) is 0 Å². The molecule has 0 atom stereocenters. The molecular weight excluding hydrogens is 276 g/mol. The van der Waals surface area contributed by atoms with E-state index < -0.39 is 0 Å². The molecule has 1 aromatic carbocycles. The van der Waals surface area contributed by atoms with E-state index in [1.807, 2.05) is 6.07 Å². The van der Waals surface area contributed by atoms with Crippen LogP contribution in [-0.2, 0) is 11.2 Å². The number of aliphatic hydroxyl groups excluding tert-OH is 1. The number of carbonyl (C=O) groups is 1. The highest BCUT2D eigenvalue weighted by atomic mass is 35.5. The first-order valence-electron chi connectivity index (χ1n) is 7.00. The zero-order valence-electron chi connectivity index (χ0n) is 11.9. The van der Waals surface area contributed by atoms with Crippen LogP contribution in [0.4, 0.5) is 11.4 Å². The van der Waals surface area contributed by atoms with Gasteiger partial charge >= 0.3 is 0 Å². The third-order valence-corrected chi connectivity index (χ3v) is 4.62. The van der Waals surface area contributed by atoms with Crippen LogP contribution in [0.3, 0.4) is 0 Å². The maximum atomic E-state index is 11.4. The topological polar surface area (TPSA) is 61.4 Å². The fraction of sp³-hybridized carbons (Fsp3) is 0.533. The molecule has 4 nitrogen and oxygen atoms in total. The summed E-state index contributed by atoms with van der Waals surface area (Å²) in [6.45, 7) is 4.97. The van der Waals surface area contributed by atoms with E-state index >= 15 is 0 Å². The van der Waals surface area contributed by atoms with Crippen LogP contribution in [0.5, 0.6) is 0 Å². The van der Waals surface area contributed by atoms with Gasteiger partial charge in [-0.05, 0) is 30.5 Å². The molecule has 0 saturated heterocycles. The van der Waals surface area contributed by atoms with Crippen molar-refractivity contribution in [1.82, 2.24) is 0 Å². The van der Waals surface area contributed by atoms with Crippen molar-refractivity contribution in [2.24, 2.45) is 5.41 Å². The van der Waals surface area contributed by atoms with Gasteiger partial charge in [0.2, 0.25) is 5.91 Å². The summed E-state index contributed by atoms with van der Waals surface area (Å²) in [5.74, 6) is 0.0000352. The Morgan fingerprint density at radius 1 is 1.40 bits per heavy atom. The lowest BCUT2D eigenvalue weighted by atomic mass is 9.83. The minimum atomic E-state index is -0.129. The molecule has 0 spiro atoms. The molecule has 0 bridgehead atoms. The van der Waals surface area contributed by atoms with Crippen LogP contribution >= 0.6 is 11.6 Å². The Bertz CT molecular complexity index is 505. The number of rotatable bonds is 6. The lowest BCUT2D eigenvalue weighted by Crippen LogP contribution is -2.32. The van der Waals surface area contributed by atoms with Crippen molar-refractivity contribution in [1.29, 1.82) is 0 Å². The van der Waals surface area contributed by atoms with Crippen molar-refractivity contribution in [3.05, 3.63) is 22.7 Å². The monoisotopic (exact) mass is 296 g/mol. The molecule has 2 rings (SSSR count). The molecular formula is C15H21ClN2O2. The predicted octanol–water partition coefficient (Wildman–Crippen LogP) is 3.05. The second-order valence-corrected chi connectivity index (χ2v) is 5.84. The highest BCUT2D eigenvalue weighted by molar-refractivity contribution is 6.33. The summed E-state index contributed by atoms with van der Waals surface area (Å²) in [5, 5.41) is 16.3. The molecule has 0 radical (unpaired) electrons. The first kappa shape index (κ1) is 15.1. The van der Waals surface area contributed by atoms with E-state index in [4.69, 9.17) is 11.6 Å². The van der Waals surface area contributed by atoms with Crippen LogP contribution in [0.2, 0.25) is 5.02 Å². The summed E-state index contributed by atoms with van der Waals surface area (Å²) in [4.78, 5) is 11.4. The van der Waals surface area contributed by atoms with Crippen molar-refractivity contribution in [3.8, 4) is 0 Å². The number of hydrogen-bond donors (Lipinski definition) is 3. The van der Waals surface area contributed by atoms with Gasteiger partial charge < -0.3 is 15.7 Å². The smallest absolute Gasteiger partial charge is 0.228 e. The van der Waals surface area contributed by atoms with Crippen molar-refractivity contribution < 1.29 is 9.90 Å². The molecule has 0 saturated carbocycles. The van der Waals surface area contributed by atoms with Crippen molar-refractivity contribution in [3.63, 3.8) is 0 Å². The van der Waals surface area contributed by atoms with Crippen molar-refractivity contribution in [2.75, 3.05) is 23.8 Å². The molecule has 110 valence electrons. The van der Waals surface area contributed by atoms with Crippen LogP contribution in [0.25, 0.3) is 0 Å². The molecule has 0 unspecified atom stereocenters. The Balaban J connectivity index is 2.15. The maximum Gasteiger partial charge on any atom is 0.228 e. The van der Waals surface area contributed by atoms with Gasteiger partial charge in [-0.25, -0.2) is 0 Å². The summed E-state index contributed by atoms with van der Waals surface area (Å²) in [7, 11) is 0. The Kier molecular flexibility index (Phi) is 4.55. The van der Waals surface area contributed by atoms with Gasteiger partial charge in [0.05, 0.1) is 23.7 Å². The zero-order chi connectivity index (χ0) is 14.8. The summed E-state index contributed by atoms with van der Waals surface area (Å²) in [6, 6.07) is 3.70. The average molecular weight is 297 g/mol. The molecule has 1 aliphatic heterocycles. The van der Waals surface area contributed by atoms with Crippen LogP contribution in [0.1, 0.15) is 32.3 Å². The summed E-state index contributed by atoms with van der Waals surface area (Å²) < 4.78 is 0. The maximum absolute atomic E-state index is 11.4. The van der Waals surface area contributed by atoms with E-state index in [1.54, 1.807) is 6.07 Å². The predicted molar refractivity (Wildman–Crippen MR) is 82.4 cm³/mol. The standard InChI is InChI=1S/C15H21ClN2O2/c1-3-15(4-2,9-19)8-17-13-5-10-6-14(20)18-12(10)7-11(13)16/h5,7,17,19H,3-4,6,8-9H2,1-2H3,(H,18,20). The second-order valence-electron chi connectivity index (χ2n) is 5.43. The summed E-state index contributed by atoms with van der Waals surface area (Å²) >= 11 is 6.24. The minimum Gasteiger partial charge on any atom is -0.396 e. The number of anilines is 2. The quantitative estimate of drug-likeness (QED) is 0.756. The molecule has 1 aromatic rings. The van der Waals surface area contributed by atoms with Gasteiger partial charge in [0.25, 0.3) is 0 Å². The Labute approximate surface area is 124 Å². The largest absolute Gasteiger partial charge is 0.396 e. The number of nitrogens with one attached hydrogen (secondary N) is 2. The van der Waals surface area contributed by atoms with E-state index in [0.29, 0.717) is 18.0 Å². The SMILES string of the molecule is CCC(CC)(CO)CNc1cc2c(cc1Cl)NC(=O)C2. The third-order valence-electron chi connectivity index (χ3n) is 4.31. The van der Waals surface area contributed by atoms with E-state index in [1.165, 1.54) is 0 Å². The second kappa shape index (κ2) is 6.02. The van der Waals surface area contributed by atoms with Gasteiger partial charge in [0.1, 0.15) is 0 Å². The number of hydrogen-bond acceptors (Lipinski definition) is 3. The van der Waals surface area contributed by atoms with Crippen LogP contribution in [0, 0.1) is 5.41 Å². The molecule has 0 fully saturated rings. The molecule has 0 aliphatic carbocycles. The van der Waals surface area contributed by atoms with Crippen LogP contribution in [-0.4, -0.2) is 24.2 Å². The Morgan fingerprint density at radius 3 is 2.70 bits per heavy atom. The van der Waals surface area contributed by atoms with E-state index in [2.05, 4.69) is 24.5 Å². The lowest BCUT2D eigenvalue weighted by Gasteiger charge is -2.30. The highest BCUT2D eigenvalue weighted by Gasteiger charge is 2.26. The Morgan fingerprint density at radius 2 is 2.10 bits per heavy atom. The zero-order valence-corrected chi connectivity index (χ0v) is 12.7. The van der Waals surface area contributed by atoms with Crippen molar-refractivity contribution >= 4 is 28.9 Å². The van der Waals surface area contributed by atoms with E-state index in [0.717, 1.165) is 29.8 Å². The summed E-state index contributed by atoms with van der Waals surface area (Å²) in [6.07, 6.45) is 2.19. The molecule has 1 aliphatic rings. The fourth-order valence-electron chi connectivity index (χ4n) is 2.45. The average Bonchev–Trinajstić information content (AvgIpc) is 2.80. The van der Waals surface area contributed by atoms with Gasteiger partial charge in [-0.15, -0.1) is 0 Å². The minimum absolute atomic E-state index is 0.0000352. The van der Waals surface area contributed by atoms with Crippen LogP contribution < -0.4 is 10.6 Å². The first-order valence-corrected chi connectivity index (χ1v) is 7.38. The van der Waals surface area contributed by atoms with Gasteiger partial charge in [-0.1, -0.05) is 25.4 Å². The molecule has 1 heterocycles. The highest BCUT2D eigenvalue weighted by Crippen LogP contribution is 2.34.